The normalized spacial score (nSPS) is 10.2. The molecule has 0 unspecified atom stereocenters. The lowest BCUT2D eigenvalue weighted by molar-refractivity contribution is 0.0690. The number of carbonyl (C=O) groups is 2. The first-order valence-electron chi connectivity index (χ1n) is 5.08. The molecule has 7 nitrogen and oxygen atoms in total. The summed E-state index contributed by atoms with van der Waals surface area (Å²) < 4.78 is 1.61. The molecule has 94 valence electrons. The lowest BCUT2D eigenvalue weighted by Crippen LogP contribution is -2.26. The van der Waals surface area contributed by atoms with E-state index in [4.69, 9.17) is 5.11 Å². The number of hydrogen-bond acceptors (Lipinski definition) is 5. The van der Waals surface area contributed by atoms with Gasteiger partial charge in [0.05, 0.1) is 18.0 Å². The molecule has 0 bridgehead atoms. The number of carboxylic acids is 1. The van der Waals surface area contributed by atoms with E-state index in [-0.39, 0.29) is 11.6 Å². The molecule has 0 fully saturated rings. The predicted molar refractivity (Wildman–Crippen MR) is 63.6 cm³/mol. The molecule has 18 heavy (non-hydrogen) atoms. The molecule has 0 spiro atoms. The van der Waals surface area contributed by atoms with Crippen LogP contribution in [-0.4, -0.2) is 38.1 Å². The van der Waals surface area contributed by atoms with Crippen molar-refractivity contribution in [3.8, 4) is 0 Å². The Morgan fingerprint density at radius 1 is 1.50 bits per heavy atom. The van der Waals surface area contributed by atoms with Gasteiger partial charge in [-0.25, -0.2) is 9.78 Å². The van der Waals surface area contributed by atoms with Crippen LogP contribution < -0.4 is 5.32 Å². The van der Waals surface area contributed by atoms with E-state index in [2.05, 4.69) is 15.3 Å². The van der Waals surface area contributed by atoms with E-state index < -0.39 is 5.97 Å². The second kappa shape index (κ2) is 5.41. The van der Waals surface area contributed by atoms with E-state index in [1.165, 1.54) is 30.1 Å². The Balaban J connectivity index is 1.81. The van der Waals surface area contributed by atoms with Gasteiger partial charge in [-0.15, -0.1) is 11.3 Å². The number of amides is 1. The van der Waals surface area contributed by atoms with Gasteiger partial charge in [0.25, 0.3) is 5.91 Å². The van der Waals surface area contributed by atoms with E-state index in [0.29, 0.717) is 18.0 Å². The van der Waals surface area contributed by atoms with Crippen molar-refractivity contribution in [1.29, 1.82) is 0 Å². The van der Waals surface area contributed by atoms with Crippen molar-refractivity contribution in [1.82, 2.24) is 19.9 Å². The van der Waals surface area contributed by atoms with Crippen molar-refractivity contribution in [2.45, 2.75) is 6.54 Å². The first-order chi connectivity index (χ1) is 8.66. The summed E-state index contributed by atoms with van der Waals surface area (Å²) in [4.78, 5) is 30.2. The summed E-state index contributed by atoms with van der Waals surface area (Å²) in [6.45, 7) is 0.858. The van der Waals surface area contributed by atoms with Crippen LogP contribution in [0.4, 0.5) is 0 Å². The molecule has 0 aliphatic carbocycles. The van der Waals surface area contributed by atoms with Crippen LogP contribution in [0.2, 0.25) is 0 Å². The first-order valence-corrected chi connectivity index (χ1v) is 5.96. The fourth-order valence-electron chi connectivity index (χ4n) is 1.31. The molecule has 2 N–H and O–H groups in total. The number of carboxylic acid groups (broad SMARTS) is 1. The van der Waals surface area contributed by atoms with Gasteiger partial charge in [0.15, 0.2) is 5.69 Å². The van der Waals surface area contributed by atoms with Gasteiger partial charge < -0.3 is 15.0 Å². The maximum Gasteiger partial charge on any atom is 0.356 e. The van der Waals surface area contributed by atoms with Crippen molar-refractivity contribution in [3.63, 3.8) is 0 Å². The Morgan fingerprint density at radius 3 is 2.94 bits per heavy atom. The zero-order valence-electron chi connectivity index (χ0n) is 9.24. The molecule has 0 aliphatic rings. The highest BCUT2D eigenvalue weighted by atomic mass is 32.1. The van der Waals surface area contributed by atoms with Crippen LogP contribution in [0.3, 0.4) is 0 Å². The summed E-state index contributed by atoms with van der Waals surface area (Å²) >= 11 is 1.27. The largest absolute Gasteiger partial charge is 0.476 e. The molecular weight excluding hydrogens is 256 g/mol. The third kappa shape index (κ3) is 2.92. The molecule has 0 saturated heterocycles. The number of aromatic carboxylic acids is 1. The Bertz CT molecular complexity index is 549. The smallest absolute Gasteiger partial charge is 0.356 e. The molecule has 2 aromatic rings. The molecule has 2 heterocycles. The number of nitrogens with one attached hydrogen (secondary N) is 1. The van der Waals surface area contributed by atoms with Gasteiger partial charge in [0.1, 0.15) is 4.88 Å². The standard InChI is InChI=1S/C10H10N4O3S/c15-9(8-3-11-6-18-8)12-1-2-14-4-7(10(16)17)13-5-14/h3-6H,1-2H2,(H,12,15)(H,16,17). The van der Waals surface area contributed by atoms with E-state index in [1.807, 2.05) is 0 Å². The van der Waals surface area contributed by atoms with Crippen LogP contribution >= 0.6 is 11.3 Å². The molecule has 0 aliphatic heterocycles. The third-order valence-corrected chi connectivity index (χ3v) is 2.94. The van der Waals surface area contributed by atoms with Gasteiger partial charge in [-0.05, 0) is 0 Å². The van der Waals surface area contributed by atoms with Crippen LogP contribution in [0.15, 0.2) is 24.2 Å². The van der Waals surface area contributed by atoms with Crippen LogP contribution in [0.25, 0.3) is 0 Å². The second-order valence-corrected chi connectivity index (χ2v) is 4.31. The minimum Gasteiger partial charge on any atom is -0.476 e. The number of imidazole rings is 1. The number of hydrogen-bond donors (Lipinski definition) is 2. The summed E-state index contributed by atoms with van der Waals surface area (Å²) in [5.74, 6) is -1.25. The van der Waals surface area contributed by atoms with Crippen molar-refractivity contribution < 1.29 is 14.7 Å². The van der Waals surface area contributed by atoms with Crippen LogP contribution in [0.1, 0.15) is 20.2 Å². The van der Waals surface area contributed by atoms with E-state index in [1.54, 1.807) is 10.1 Å². The molecule has 1 amide bonds. The Kier molecular flexibility index (Phi) is 3.68. The summed E-state index contributed by atoms with van der Waals surface area (Å²) in [5.41, 5.74) is 1.58. The summed E-state index contributed by atoms with van der Waals surface area (Å²) in [6.07, 6.45) is 4.34. The molecule has 8 heteroatoms. The van der Waals surface area contributed by atoms with E-state index >= 15 is 0 Å². The fraction of sp³-hybridized carbons (Fsp3) is 0.200. The fourth-order valence-corrected chi connectivity index (χ4v) is 1.84. The second-order valence-electron chi connectivity index (χ2n) is 3.42. The minimum absolute atomic E-state index is 0.0104. The summed E-state index contributed by atoms with van der Waals surface area (Å²) in [7, 11) is 0. The highest BCUT2D eigenvalue weighted by Gasteiger charge is 2.08. The van der Waals surface area contributed by atoms with Gasteiger partial charge >= 0.3 is 5.97 Å². The number of thiazole rings is 1. The maximum atomic E-state index is 11.5. The zero-order chi connectivity index (χ0) is 13.0. The molecule has 0 saturated carbocycles. The lowest BCUT2D eigenvalue weighted by atomic mass is 10.4. The SMILES string of the molecule is O=C(O)c1cn(CCNC(=O)c2cncs2)cn1. The molecule has 0 aromatic carbocycles. The summed E-state index contributed by atoms with van der Waals surface area (Å²) in [5, 5.41) is 11.4. The quantitative estimate of drug-likeness (QED) is 0.819. The van der Waals surface area contributed by atoms with Gasteiger partial charge in [-0.3, -0.25) is 9.78 Å². The average Bonchev–Trinajstić information content (AvgIpc) is 3.00. The summed E-state index contributed by atoms with van der Waals surface area (Å²) in [6, 6.07) is 0. The number of nitrogens with zero attached hydrogens (tertiary/aromatic N) is 3. The molecular formula is C10H10N4O3S. The van der Waals surface area contributed by atoms with Gasteiger partial charge in [-0.2, -0.15) is 0 Å². The third-order valence-electron chi connectivity index (χ3n) is 2.16. The Labute approximate surface area is 106 Å². The highest BCUT2D eigenvalue weighted by Crippen LogP contribution is 2.04. The molecule has 2 aromatic heterocycles. The average molecular weight is 266 g/mol. The number of rotatable bonds is 5. The predicted octanol–water partition coefficient (Wildman–Crippen LogP) is 0.468. The monoisotopic (exact) mass is 266 g/mol. The van der Waals surface area contributed by atoms with Crippen LogP contribution in [0, 0.1) is 0 Å². The molecule has 0 atom stereocenters. The van der Waals surface area contributed by atoms with Gasteiger partial charge in [0.2, 0.25) is 0 Å². The van der Waals surface area contributed by atoms with Crippen LogP contribution in [-0.2, 0) is 6.54 Å². The van der Waals surface area contributed by atoms with Crippen molar-refractivity contribution in [2.75, 3.05) is 6.54 Å². The Morgan fingerprint density at radius 2 is 2.33 bits per heavy atom. The number of carbonyl (C=O) groups excluding carboxylic acids is 1. The van der Waals surface area contributed by atoms with E-state index in [9.17, 15) is 9.59 Å². The van der Waals surface area contributed by atoms with Crippen molar-refractivity contribution in [2.24, 2.45) is 0 Å². The maximum absolute atomic E-state index is 11.5. The lowest BCUT2D eigenvalue weighted by Gasteiger charge is -2.03. The zero-order valence-corrected chi connectivity index (χ0v) is 10.1. The van der Waals surface area contributed by atoms with Gasteiger partial charge in [0, 0.05) is 19.3 Å². The molecule has 2 rings (SSSR count). The van der Waals surface area contributed by atoms with Crippen LogP contribution in [0.5, 0.6) is 0 Å². The number of aromatic nitrogens is 3. The molecule has 0 radical (unpaired) electrons. The van der Waals surface area contributed by atoms with Crippen molar-refractivity contribution >= 4 is 23.2 Å². The van der Waals surface area contributed by atoms with E-state index in [0.717, 1.165) is 0 Å². The topological polar surface area (TPSA) is 97.1 Å². The van der Waals surface area contributed by atoms with Crippen molar-refractivity contribution in [3.05, 3.63) is 34.8 Å². The highest BCUT2D eigenvalue weighted by molar-refractivity contribution is 7.11. The first kappa shape index (κ1) is 12.2. The van der Waals surface area contributed by atoms with Gasteiger partial charge in [-0.1, -0.05) is 0 Å². The Hall–Kier alpha value is -2.22. The minimum atomic E-state index is -1.07.